The third-order valence-corrected chi connectivity index (χ3v) is 4.55. The van der Waals surface area contributed by atoms with Crippen LogP contribution in [0.15, 0.2) is 12.5 Å². The molecule has 118 valence electrons. The first-order chi connectivity index (χ1) is 10.4. The van der Waals surface area contributed by atoms with Crippen LogP contribution in [0.5, 0.6) is 0 Å². The summed E-state index contributed by atoms with van der Waals surface area (Å²) >= 11 is 1.30. The summed E-state index contributed by atoms with van der Waals surface area (Å²) in [5, 5.41) is 12.7. The zero-order valence-electron chi connectivity index (χ0n) is 12.6. The third kappa shape index (κ3) is 3.70. The van der Waals surface area contributed by atoms with Crippen molar-refractivity contribution in [2.45, 2.75) is 39.2 Å². The molecule has 7 nitrogen and oxygen atoms in total. The van der Waals surface area contributed by atoms with E-state index >= 15 is 0 Å². The molecule has 1 amide bonds. The molecular formula is C14H18N4O3S. The average molecular weight is 322 g/mol. The van der Waals surface area contributed by atoms with Crippen LogP contribution in [-0.4, -0.2) is 38.0 Å². The highest BCUT2D eigenvalue weighted by Gasteiger charge is 2.24. The first-order valence-corrected chi connectivity index (χ1v) is 7.68. The van der Waals surface area contributed by atoms with E-state index in [1.165, 1.54) is 23.9 Å². The van der Waals surface area contributed by atoms with Gasteiger partial charge in [-0.2, -0.15) is 0 Å². The molecule has 1 unspecified atom stereocenters. The van der Waals surface area contributed by atoms with Crippen molar-refractivity contribution in [2.75, 3.05) is 0 Å². The lowest BCUT2D eigenvalue weighted by Crippen LogP contribution is -2.42. The predicted octanol–water partition coefficient (Wildman–Crippen LogP) is 1.72. The highest BCUT2D eigenvalue weighted by Crippen LogP contribution is 2.24. The molecule has 0 spiro atoms. The monoisotopic (exact) mass is 322 g/mol. The minimum Gasteiger partial charge on any atom is -0.480 e. The smallest absolute Gasteiger partial charge is 0.326 e. The topological polar surface area (TPSA) is 108 Å². The number of carboxylic acid groups (broad SMARTS) is 1. The summed E-state index contributed by atoms with van der Waals surface area (Å²) < 4.78 is 0. The number of nitrogens with zero attached hydrogens (tertiary/aromatic N) is 2. The molecule has 0 saturated heterocycles. The van der Waals surface area contributed by atoms with Crippen molar-refractivity contribution in [1.82, 2.24) is 20.3 Å². The normalized spacial score (nSPS) is 12.4. The van der Waals surface area contributed by atoms with Crippen LogP contribution < -0.4 is 5.32 Å². The fraction of sp³-hybridized carbons (Fsp3) is 0.429. The van der Waals surface area contributed by atoms with Gasteiger partial charge in [0.2, 0.25) is 0 Å². The second-order valence-corrected chi connectivity index (χ2v) is 6.30. The molecule has 2 aromatic heterocycles. The van der Waals surface area contributed by atoms with Gasteiger partial charge in [-0.05, 0) is 6.92 Å². The van der Waals surface area contributed by atoms with Gasteiger partial charge in [0.25, 0.3) is 5.91 Å². The fourth-order valence-corrected chi connectivity index (χ4v) is 2.89. The molecular weight excluding hydrogens is 304 g/mol. The van der Waals surface area contributed by atoms with E-state index in [0.717, 1.165) is 5.01 Å². The van der Waals surface area contributed by atoms with Gasteiger partial charge in [-0.15, -0.1) is 11.3 Å². The Balaban J connectivity index is 2.12. The van der Waals surface area contributed by atoms with Crippen LogP contribution in [0.1, 0.15) is 45.8 Å². The van der Waals surface area contributed by atoms with Crippen molar-refractivity contribution in [2.24, 2.45) is 0 Å². The Kier molecular flexibility index (Phi) is 4.92. The van der Waals surface area contributed by atoms with E-state index in [1.54, 1.807) is 6.92 Å². The quantitative estimate of drug-likeness (QED) is 0.750. The van der Waals surface area contributed by atoms with Gasteiger partial charge in [0.05, 0.1) is 17.0 Å². The van der Waals surface area contributed by atoms with Crippen molar-refractivity contribution in [3.63, 3.8) is 0 Å². The Morgan fingerprint density at radius 2 is 2.18 bits per heavy atom. The van der Waals surface area contributed by atoms with Crippen molar-refractivity contribution in [3.8, 4) is 0 Å². The zero-order valence-corrected chi connectivity index (χ0v) is 13.4. The van der Waals surface area contributed by atoms with Crippen LogP contribution >= 0.6 is 11.3 Å². The van der Waals surface area contributed by atoms with Crippen LogP contribution in [0.2, 0.25) is 0 Å². The van der Waals surface area contributed by atoms with Gasteiger partial charge in [0, 0.05) is 24.2 Å². The molecule has 0 aliphatic carbocycles. The number of aromatic amines is 1. The number of imidazole rings is 1. The number of carboxylic acids is 1. The number of hydrogen-bond acceptors (Lipinski definition) is 5. The van der Waals surface area contributed by atoms with Gasteiger partial charge in [-0.1, -0.05) is 13.8 Å². The van der Waals surface area contributed by atoms with Crippen molar-refractivity contribution >= 4 is 23.2 Å². The van der Waals surface area contributed by atoms with Gasteiger partial charge in [-0.25, -0.2) is 14.8 Å². The number of nitrogens with one attached hydrogen (secondary N) is 2. The average Bonchev–Trinajstić information content (AvgIpc) is 3.07. The number of thiazole rings is 1. The molecule has 2 aromatic rings. The van der Waals surface area contributed by atoms with Crippen molar-refractivity contribution in [1.29, 1.82) is 0 Å². The Bertz CT molecular complexity index is 664. The molecule has 0 aliphatic rings. The molecule has 0 fully saturated rings. The van der Waals surface area contributed by atoms with Gasteiger partial charge < -0.3 is 15.4 Å². The summed E-state index contributed by atoms with van der Waals surface area (Å²) in [5.74, 6) is -1.27. The van der Waals surface area contributed by atoms with E-state index in [-0.39, 0.29) is 12.3 Å². The van der Waals surface area contributed by atoms with E-state index in [1.807, 2.05) is 13.8 Å². The molecule has 0 saturated carbocycles. The first kappa shape index (κ1) is 16.2. The minimum absolute atomic E-state index is 0.149. The lowest BCUT2D eigenvalue weighted by molar-refractivity contribution is -0.139. The van der Waals surface area contributed by atoms with Crippen LogP contribution in [0.4, 0.5) is 0 Å². The molecule has 0 aliphatic heterocycles. The second kappa shape index (κ2) is 6.69. The van der Waals surface area contributed by atoms with Gasteiger partial charge in [0.15, 0.2) is 0 Å². The highest BCUT2D eigenvalue weighted by molar-refractivity contribution is 7.13. The Morgan fingerprint density at radius 1 is 1.45 bits per heavy atom. The number of aliphatic carboxylic acids is 1. The standard InChI is InChI=1S/C14H18N4O3S/c1-7(2)13-17-8(3)11(22-13)12(19)18-10(14(20)21)4-9-5-15-6-16-9/h5-7,10H,4H2,1-3H3,(H,15,16)(H,18,19)(H,20,21). The maximum atomic E-state index is 12.3. The number of aryl methyl sites for hydroxylation is 1. The number of carbonyl (C=O) groups excluding carboxylic acids is 1. The number of aromatic nitrogens is 3. The highest BCUT2D eigenvalue weighted by atomic mass is 32.1. The first-order valence-electron chi connectivity index (χ1n) is 6.86. The van der Waals surface area contributed by atoms with Gasteiger partial charge in [0.1, 0.15) is 10.9 Å². The molecule has 0 bridgehead atoms. The summed E-state index contributed by atoms with van der Waals surface area (Å²) in [7, 11) is 0. The molecule has 2 heterocycles. The van der Waals surface area contributed by atoms with E-state index in [0.29, 0.717) is 16.3 Å². The lowest BCUT2D eigenvalue weighted by Gasteiger charge is -2.13. The van der Waals surface area contributed by atoms with Crippen molar-refractivity contribution in [3.05, 3.63) is 33.8 Å². The number of rotatable bonds is 6. The summed E-state index contributed by atoms with van der Waals surface area (Å²) in [4.78, 5) is 35.1. The maximum absolute atomic E-state index is 12.3. The number of carbonyl (C=O) groups is 2. The molecule has 22 heavy (non-hydrogen) atoms. The second-order valence-electron chi connectivity index (χ2n) is 5.27. The van der Waals surface area contributed by atoms with E-state index in [2.05, 4.69) is 20.3 Å². The zero-order chi connectivity index (χ0) is 16.3. The lowest BCUT2D eigenvalue weighted by atomic mass is 10.1. The van der Waals surface area contributed by atoms with Crippen LogP contribution in [0.25, 0.3) is 0 Å². The van der Waals surface area contributed by atoms with Crippen molar-refractivity contribution < 1.29 is 14.7 Å². The summed E-state index contributed by atoms with van der Waals surface area (Å²) in [6, 6.07) is -1.02. The molecule has 0 aromatic carbocycles. The molecule has 8 heteroatoms. The summed E-state index contributed by atoms with van der Waals surface area (Å²) in [6.07, 6.45) is 3.16. The Labute approximate surface area is 131 Å². The Hall–Kier alpha value is -2.22. The largest absolute Gasteiger partial charge is 0.480 e. The Morgan fingerprint density at radius 3 is 2.68 bits per heavy atom. The molecule has 2 rings (SSSR count). The minimum atomic E-state index is -1.09. The predicted molar refractivity (Wildman–Crippen MR) is 82.1 cm³/mol. The summed E-state index contributed by atoms with van der Waals surface area (Å²) in [5.41, 5.74) is 1.27. The van der Waals surface area contributed by atoms with Gasteiger partial charge >= 0.3 is 5.97 Å². The van der Waals surface area contributed by atoms with Crippen LogP contribution in [0, 0.1) is 6.92 Å². The maximum Gasteiger partial charge on any atom is 0.326 e. The fourth-order valence-electron chi connectivity index (χ4n) is 1.92. The molecule has 0 radical (unpaired) electrons. The number of H-pyrrole nitrogens is 1. The van der Waals surface area contributed by atoms with E-state index in [9.17, 15) is 14.7 Å². The number of hydrogen-bond donors (Lipinski definition) is 3. The number of amides is 1. The van der Waals surface area contributed by atoms with E-state index < -0.39 is 17.9 Å². The third-order valence-electron chi connectivity index (χ3n) is 3.10. The summed E-state index contributed by atoms with van der Waals surface area (Å²) in [6.45, 7) is 5.75. The van der Waals surface area contributed by atoms with Gasteiger partial charge in [-0.3, -0.25) is 4.79 Å². The van der Waals surface area contributed by atoms with E-state index in [4.69, 9.17) is 0 Å². The molecule has 1 atom stereocenters. The molecule has 3 N–H and O–H groups in total. The SMILES string of the molecule is Cc1nc(C(C)C)sc1C(=O)NC(Cc1cnc[nH]1)C(=O)O. The van der Waals surface area contributed by atoms with Crippen LogP contribution in [-0.2, 0) is 11.2 Å². The van der Waals surface area contributed by atoms with Crippen LogP contribution in [0.3, 0.4) is 0 Å².